The van der Waals surface area contributed by atoms with Gasteiger partial charge in [-0.15, -0.1) is 0 Å². The summed E-state index contributed by atoms with van der Waals surface area (Å²) in [6.45, 7) is 4.62. The summed E-state index contributed by atoms with van der Waals surface area (Å²) in [7, 11) is 1.81. The van der Waals surface area contributed by atoms with E-state index in [9.17, 15) is 4.79 Å². The first-order chi connectivity index (χ1) is 13.8. The van der Waals surface area contributed by atoms with Gasteiger partial charge in [0.1, 0.15) is 0 Å². The maximum atomic E-state index is 11.8. The van der Waals surface area contributed by atoms with E-state index in [0.717, 1.165) is 57.9 Å². The van der Waals surface area contributed by atoms with Crippen LogP contribution in [0.3, 0.4) is 0 Å². The molecule has 1 atom stereocenters. The maximum Gasteiger partial charge on any atom is 0.223 e. The van der Waals surface area contributed by atoms with Crippen LogP contribution >= 0.6 is 0 Å². The fourth-order valence-electron chi connectivity index (χ4n) is 3.91. The number of aliphatic imine (C=N–C) groups is 1. The molecule has 1 aliphatic heterocycles. The van der Waals surface area contributed by atoms with E-state index in [4.69, 9.17) is 0 Å². The van der Waals surface area contributed by atoms with Crippen molar-refractivity contribution in [1.82, 2.24) is 20.9 Å². The van der Waals surface area contributed by atoms with Crippen molar-refractivity contribution in [3.8, 4) is 0 Å². The van der Waals surface area contributed by atoms with E-state index >= 15 is 0 Å². The molecule has 1 saturated carbocycles. The molecule has 1 unspecified atom stereocenters. The standard InChI is InChI=1S/C22H35N5O/c1-23-22(25-14-7-13-24-21(28)19-10-5-11-19)26-16-20-12-6-15-27(20)17-18-8-3-2-4-9-18/h2-4,8-9,19-20H,5-7,10-17H2,1H3,(H,24,28)(H2,23,25,26). The molecule has 6 nitrogen and oxygen atoms in total. The summed E-state index contributed by atoms with van der Waals surface area (Å²) in [5.41, 5.74) is 1.38. The maximum absolute atomic E-state index is 11.8. The zero-order valence-electron chi connectivity index (χ0n) is 17.1. The highest BCUT2D eigenvalue weighted by atomic mass is 16.1. The summed E-state index contributed by atoms with van der Waals surface area (Å²) >= 11 is 0. The van der Waals surface area contributed by atoms with E-state index in [1.54, 1.807) is 0 Å². The first-order valence-electron chi connectivity index (χ1n) is 10.8. The van der Waals surface area contributed by atoms with Crippen LogP contribution in [0.2, 0.25) is 0 Å². The minimum absolute atomic E-state index is 0.230. The van der Waals surface area contributed by atoms with E-state index in [1.165, 1.54) is 24.8 Å². The number of nitrogens with zero attached hydrogens (tertiary/aromatic N) is 2. The van der Waals surface area contributed by atoms with Crippen LogP contribution in [0, 0.1) is 5.92 Å². The SMILES string of the molecule is CN=C(NCCCNC(=O)C1CCC1)NCC1CCCN1Cc1ccccc1. The lowest BCUT2D eigenvalue weighted by Gasteiger charge is -2.25. The Morgan fingerprint density at radius 1 is 1.07 bits per heavy atom. The third-order valence-electron chi connectivity index (χ3n) is 5.88. The quantitative estimate of drug-likeness (QED) is 0.346. The molecule has 1 amide bonds. The van der Waals surface area contributed by atoms with Gasteiger partial charge in [-0.3, -0.25) is 14.7 Å². The Hall–Kier alpha value is -2.08. The monoisotopic (exact) mass is 385 g/mol. The highest BCUT2D eigenvalue weighted by molar-refractivity contribution is 5.80. The molecular formula is C22H35N5O. The number of benzene rings is 1. The number of carbonyl (C=O) groups is 1. The Morgan fingerprint density at radius 3 is 2.57 bits per heavy atom. The fraction of sp³-hybridized carbons (Fsp3) is 0.636. The van der Waals surface area contributed by atoms with Crippen molar-refractivity contribution in [2.24, 2.45) is 10.9 Å². The molecule has 6 heteroatoms. The Labute approximate surface area is 169 Å². The molecular weight excluding hydrogens is 350 g/mol. The first-order valence-corrected chi connectivity index (χ1v) is 10.8. The van der Waals surface area contributed by atoms with Gasteiger partial charge in [0.05, 0.1) is 0 Å². The fourth-order valence-corrected chi connectivity index (χ4v) is 3.91. The molecule has 0 spiro atoms. The normalized spacial score (nSPS) is 20.6. The summed E-state index contributed by atoms with van der Waals surface area (Å²) in [5.74, 6) is 1.35. The molecule has 28 heavy (non-hydrogen) atoms. The number of likely N-dealkylation sites (tertiary alicyclic amines) is 1. The van der Waals surface area contributed by atoms with Gasteiger partial charge in [-0.1, -0.05) is 36.8 Å². The van der Waals surface area contributed by atoms with Crippen LogP contribution in [0.25, 0.3) is 0 Å². The number of carbonyl (C=O) groups excluding carboxylic acids is 1. The van der Waals surface area contributed by atoms with Crippen molar-refractivity contribution >= 4 is 11.9 Å². The van der Waals surface area contributed by atoms with Gasteiger partial charge in [-0.05, 0) is 44.2 Å². The summed E-state index contributed by atoms with van der Waals surface area (Å²) in [6, 6.07) is 11.2. The van der Waals surface area contributed by atoms with Crippen molar-refractivity contribution in [2.75, 3.05) is 33.2 Å². The molecule has 0 aromatic heterocycles. The summed E-state index contributed by atoms with van der Waals surface area (Å²) in [6.07, 6.45) is 6.70. The number of hydrogen-bond donors (Lipinski definition) is 3. The second-order valence-corrected chi connectivity index (χ2v) is 7.90. The lowest BCUT2D eigenvalue weighted by Crippen LogP contribution is -2.45. The Kier molecular flexibility index (Phi) is 8.15. The Balaban J connectivity index is 1.31. The molecule has 154 valence electrons. The van der Waals surface area contributed by atoms with Gasteiger partial charge in [0.15, 0.2) is 5.96 Å². The molecule has 2 aliphatic rings. The van der Waals surface area contributed by atoms with E-state index < -0.39 is 0 Å². The van der Waals surface area contributed by atoms with Crippen LogP contribution in [0.1, 0.15) is 44.1 Å². The van der Waals surface area contributed by atoms with Crippen molar-refractivity contribution in [1.29, 1.82) is 0 Å². The van der Waals surface area contributed by atoms with E-state index in [0.29, 0.717) is 6.04 Å². The minimum atomic E-state index is 0.230. The van der Waals surface area contributed by atoms with Crippen LogP contribution in [0.5, 0.6) is 0 Å². The average molecular weight is 386 g/mol. The number of amides is 1. The molecule has 1 aromatic rings. The van der Waals surface area contributed by atoms with Crippen molar-refractivity contribution in [3.05, 3.63) is 35.9 Å². The molecule has 0 radical (unpaired) electrons. The van der Waals surface area contributed by atoms with Gasteiger partial charge in [-0.2, -0.15) is 0 Å². The second kappa shape index (κ2) is 11.1. The lowest BCUT2D eigenvalue weighted by molar-refractivity contribution is -0.127. The molecule has 1 heterocycles. The van der Waals surface area contributed by atoms with Crippen LogP contribution in [0.4, 0.5) is 0 Å². The second-order valence-electron chi connectivity index (χ2n) is 7.90. The van der Waals surface area contributed by atoms with Gasteiger partial charge in [0.25, 0.3) is 0 Å². The predicted molar refractivity (Wildman–Crippen MR) is 114 cm³/mol. The number of nitrogens with one attached hydrogen (secondary N) is 3. The zero-order valence-corrected chi connectivity index (χ0v) is 17.1. The molecule has 0 bridgehead atoms. The smallest absolute Gasteiger partial charge is 0.223 e. The molecule has 1 aliphatic carbocycles. The Morgan fingerprint density at radius 2 is 1.86 bits per heavy atom. The van der Waals surface area contributed by atoms with Gasteiger partial charge in [0, 0.05) is 45.2 Å². The molecule has 3 N–H and O–H groups in total. The number of guanidine groups is 1. The van der Waals surface area contributed by atoms with E-state index in [2.05, 4.69) is 56.2 Å². The topological polar surface area (TPSA) is 68.8 Å². The van der Waals surface area contributed by atoms with Crippen molar-refractivity contribution in [3.63, 3.8) is 0 Å². The average Bonchev–Trinajstić information content (AvgIpc) is 3.10. The van der Waals surface area contributed by atoms with Gasteiger partial charge >= 0.3 is 0 Å². The lowest BCUT2D eigenvalue weighted by atomic mass is 9.85. The molecule has 1 saturated heterocycles. The minimum Gasteiger partial charge on any atom is -0.356 e. The third-order valence-corrected chi connectivity index (χ3v) is 5.88. The van der Waals surface area contributed by atoms with Crippen LogP contribution in [0.15, 0.2) is 35.3 Å². The largest absolute Gasteiger partial charge is 0.356 e. The number of hydrogen-bond acceptors (Lipinski definition) is 3. The molecule has 3 rings (SSSR count). The van der Waals surface area contributed by atoms with E-state index in [-0.39, 0.29) is 11.8 Å². The zero-order chi connectivity index (χ0) is 19.6. The van der Waals surface area contributed by atoms with Crippen molar-refractivity contribution in [2.45, 2.75) is 51.1 Å². The summed E-state index contributed by atoms with van der Waals surface area (Å²) in [4.78, 5) is 18.7. The van der Waals surface area contributed by atoms with Crippen LogP contribution in [-0.2, 0) is 11.3 Å². The van der Waals surface area contributed by atoms with Gasteiger partial charge < -0.3 is 16.0 Å². The predicted octanol–water partition coefficient (Wildman–Crippen LogP) is 2.12. The van der Waals surface area contributed by atoms with Crippen molar-refractivity contribution < 1.29 is 4.79 Å². The highest BCUT2D eigenvalue weighted by Gasteiger charge is 2.25. The summed E-state index contributed by atoms with van der Waals surface area (Å²) < 4.78 is 0. The van der Waals surface area contributed by atoms with Gasteiger partial charge in [-0.25, -0.2) is 0 Å². The molecule has 1 aromatic carbocycles. The number of rotatable bonds is 9. The molecule has 2 fully saturated rings. The Bertz CT molecular complexity index is 629. The first kappa shape index (κ1) is 20.6. The summed E-state index contributed by atoms with van der Waals surface area (Å²) in [5, 5.41) is 9.87. The van der Waals surface area contributed by atoms with E-state index in [1.807, 2.05) is 7.05 Å². The van der Waals surface area contributed by atoms with Gasteiger partial charge in [0.2, 0.25) is 5.91 Å². The van der Waals surface area contributed by atoms with Crippen LogP contribution < -0.4 is 16.0 Å². The van der Waals surface area contributed by atoms with Crippen LogP contribution in [-0.4, -0.2) is 56.0 Å². The highest BCUT2D eigenvalue weighted by Crippen LogP contribution is 2.26. The third kappa shape index (κ3) is 6.23.